The number of pyridine rings is 1. The second-order valence-corrected chi connectivity index (χ2v) is 10.5. The number of hydrogen-bond acceptors (Lipinski definition) is 3. The number of benzene rings is 1. The van der Waals surface area contributed by atoms with Crippen molar-refractivity contribution in [2.75, 3.05) is 0 Å². The van der Waals surface area contributed by atoms with Gasteiger partial charge in [0.2, 0.25) is 10.0 Å². The second-order valence-electron chi connectivity index (χ2n) is 7.95. The molecule has 0 spiro atoms. The number of sulfonamides is 1. The highest BCUT2D eigenvalue weighted by atomic mass is 35.5. The van der Waals surface area contributed by atoms with Crippen molar-refractivity contribution in [3.8, 4) is 0 Å². The van der Waals surface area contributed by atoms with E-state index in [0.717, 1.165) is 36.0 Å². The van der Waals surface area contributed by atoms with Gasteiger partial charge in [0.15, 0.2) is 0 Å². The molecule has 4 rings (SSSR count). The van der Waals surface area contributed by atoms with Crippen molar-refractivity contribution in [3.05, 3.63) is 57.3 Å². The van der Waals surface area contributed by atoms with E-state index in [4.69, 9.17) is 23.2 Å². The summed E-state index contributed by atoms with van der Waals surface area (Å²) in [5.74, 6) is 0. The molecule has 4 nitrogen and oxygen atoms in total. The van der Waals surface area contributed by atoms with Gasteiger partial charge in [0.25, 0.3) is 0 Å². The number of hydrogen-bond donors (Lipinski definition) is 0. The summed E-state index contributed by atoms with van der Waals surface area (Å²) < 4.78 is 28.5. The van der Waals surface area contributed by atoms with Crippen LogP contribution in [0, 0.1) is 13.8 Å². The summed E-state index contributed by atoms with van der Waals surface area (Å²) in [7, 11) is -3.56. The van der Waals surface area contributed by atoms with Gasteiger partial charge in [-0.15, -0.1) is 0 Å². The minimum Gasteiger partial charge on any atom is -0.224 e. The maximum absolute atomic E-state index is 13.4. The lowest BCUT2D eigenvalue weighted by Crippen LogP contribution is -2.41. The zero-order valence-corrected chi connectivity index (χ0v) is 17.9. The molecule has 2 aromatic rings. The number of halogens is 2. The van der Waals surface area contributed by atoms with Crippen molar-refractivity contribution in [3.63, 3.8) is 0 Å². The summed E-state index contributed by atoms with van der Waals surface area (Å²) in [4.78, 5) is 4.62. The van der Waals surface area contributed by atoms with E-state index >= 15 is 0 Å². The molecule has 0 unspecified atom stereocenters. The van der Waals surface area contributed by atoms with Crippen molar-refractivity contribution >= 4 is 33.2 Å². The van der Waals surface area contributed by atoms with Crippen molar-refractivity contribution in [2.24, 2.45) is 0 Å². The van der Waals surface area contributed by atoms with Gasteiger partial charge in [-0.2, -0.15) is 4.31 Å². The number of nitrogens with zero attached hydrogens (tertiary/aromatic N) is 2. The van der Waals surface area contributed by atoms with Crippen molar-refractivity contribution in [1.82, 2.24) is 9.29 Å². The summed E-state index contributed by atoms with van der Waals surface area (Å²) in [6.07, 6.45) is 2.44. The number of aromatic nitrogens is 1. The minimum atomic E-state index is -3.56. The molecule has 0 radical (unpaired) electrons. The Kier molecular flexibility index (Phi) is 4.58. The maximum Gasteiger partial charge on any atom is 0.243 e. The quantitative estimate of drug-likeness (QED) is 0.658. The maximum atomic E-state index is 13.4. The van der Waals surface area contributed by atoms with Gasteiger partial charge in [0.05, 0.1) is 4.90 Å². The molecule has 3 atom stereocenters. The van der Waals surface area contributed by atoms with Crippen LogP contribution in [0.3, 0.4) is 0 Å². The van der Waals surface area contributed by atoms with Gasteiger partial charge in [-0.3, -0.25) is 0 Å². The van der Waals surface area contributed by atoms with Crippen LogP contribution < -0.4 is 0 Å². The molecule has 0 aliphatic carbocycles. The average molecular weight is 425 g/mol. The van der Waals surface area contributed by atoms with Crippen LogP contribution in [0.4, 0.5) is 0 Å². The smallest absolute Gasteiger partial charge is 0.224 e. The lowest BCUT2D eigenvalue weighted by atomic mass is 9.71. The molecule has 1 aromatic heterocycles. The Bertz CT molecular complexity index is 1010. The molecule has 2 saturated heterocycles. The van der Waals surface area contributed by atoms with E-state index in [1.165, 1.54) is 0 Å². The molecular weight excluding hydrogens is 403 g/mol. The molecule has 1 aromatic carbocycles. The largest absolute Gasteiger partial charge is 0.243 e. The first-order chi connectivity index (χ1) is 12.6. The normalized spacial score (nSPS) is 28.0. The highest BCUT2D eigenvalue weighted by Gasteiger charge is 2.59. The predicted molar refractivity (Wildman–Crippen MR) is 108 cm³/mol. The third kappa shape index (κ3) is 2.91. The van der Waals surface area contributed by atoms with Gasteiger partial charge < -0.3 is 0 Å². The molecule has 2 bridgehead atoms. The Labute approximate surface area is 170 Å². The summed E-state index contributed by atoms with van der Waals surface area (Å²) in [5.41, 5.74) is 2.41. The van der Waals surface area contributed by atoms with E-state index in [1.54, 1.807) is 16.4 Å². The average Bonchev–Trinajstić information content (AvgIpc) is 3.15. The van der Waals surface area contributed by atoms with E-state index in [1.807, 2.05) is 32.0 Å². The highest BCUT2D eigenvalue weighted by Crippen LogP contribution is 2.54. The van der Waals surface area contributed by atoms with Crippen molar-refractivity contribution in [2.45, 2.75) is 62.4 Å². The molecule has 2 aliphatic heterocycles. The first kappa shape index (κ1) is 19.2. The van der Waals surface area contributed by atoms with Gasteiger partial charge in [-0.1, -0.05) is 47.8 Å². The summed E-state index contributed by atoms with van der Waals surface area (Å²) >= 11 is 12.6. The monoisotopic (exact) mass is 424 g/mol. The van der Waals surface area contributed by atoms with Gasteiger partial charge in [-0.05, 0) is 62.4 Å². The molecule has 2 fully saturated rings. The van der Waals surface area contributed by atoms with Crippen LogP contribution >= 0.6 is 23.2 Å². The fourth-order valence-corrected chi connectivity index (χ4v) is 7.24. The molecule has 3 heterocycles. The molecular formula is C20H22Cl2N2O2S. The first-order valence-corrected chi connectivity index (χ1v) is 11.3. The van der Waals surface area contributed by atoms with Crippen LogP contribution in [-0.4, -0.2) is 29.8 Å². The Balaban J connectivity index is 1.77. The van der Waals surface area contributed by atoms with Crippen LogP contribution in [-0.2, 0) is 15.4 Å². The van der Waals surface area contributed by atoms with E-state index in [9.17, 15) is 8.42 Å². The zero-order chi connectivity index (χ0) is 19.6. The van der Waals surface area contributed by atoms with Crippen molar-refractivity contribution < 1.29 is 8.42 Å². The van der Waals surface area contributed by atoms with Crippen LogP contribution in [0.25, 0.3) is 0 Å². The fourth-order valence-electron chi connectivity index (χ4n) is 4.73. The van der Waals surface area contributed by atoms with E-state index in [-0.39, 0.29) is 17.5 Å². The fraction of sp³-hybridized carbons (Fsp3) is 0.450. The van der Waals surface area contributed by atoms with Crippen LogP contribution in [0.1, 0.15) is 42.9 Å². The summed E-state index contributed by atoms with van der Waals surface area (Å²) in [6.45, 7) is 5.95. The SMILES string of the molecule is Cc1ccc(S(=O)(=O)N2[C@H]3CC[C@@H]2[C@@](C)(c2cc(C)c(Cl)nc2Cl)C3)cc1. The predicted octanol–water partition coefficient (Wildman–Crippen LogP) is 4.89. The molecule has 0 N–H and O–H groups in total. The van der Waals surface area contributed by atoms with Crippen LogP contribution in [0.5, 0.6) is 0 Å². The topological polar surface area (TPSA) is 50.3 Å². The Hall–Kier alpha value is -1.14. The summed E-state index contributed by atoms with van der Waals surface area (Å²) in [5, 5.41) is 0.757. The Morgan fingerprint density at radius 1 is 1.11 bits per heavy atom. The lowest BCUT2D eigenvalue weighted by molar-refractivity contribution is 0.326. The zero-order valence-electron chi connectivity index (χ0n) is 15.5. The Morgan fingerprint density at radius 3 is 2.44 bits per heavy atom. The number of aryl methyl sites for hydroxylation is 2. The standard InChI is InChI=1S/C20H22Cl2N2O2S/c1-12-4-7-15(8-5-12)27(25,26)24-14-6-9-17(24)20(3,11-14)16-10-13(2)18(21)23-19(16)22/h4-5,7-8,10,14,17H,6,9,11H2,1-3H3/t14-,17+,20+/m0/s1. The third-order valence-electron chi connectivity index (χ3n) is 6.15. The van der Waals surface area contributed by atoms with Gasteiger partial charge in [0.1, 0.15) is 10.3 Å². The highest BCUT2D eigenvalue weighted by molar-refractivity contribution is 7.89. The van der Waals surface area contributed by atoms with Gasteiger partial charge in [-0.25, -0.2) is 13.4 Å². The number of fused-ring (bicyclic) bond motifs is 2. The molecule has 2 aliphatic rings. The minimum absolute atomic E-state index is 0.0154. The molecule has 0 saturated carbocycles. The van der Waals surface area contributed by atoms with E-state index < -0.39 is 10.0 Å². The van der Waals surface area contributed by atoms with Gasteiger partial charge >= 0.3 is 0 Å². The number of rotatable bonds is 3. The van der Waals surface area contributed by atoms with Gasteiger partial charge in [0, 0.05) is 17.5 Å². The third-order valence-corrected chi connectivity index (χ3v) is 8.80. The molecule has 0 amide bonds. The van der Waals surface area contributed by atoms with E-state index in [0.29, 0.717) is 15.2 Å². The first-order valence-electron chi connectivity index (χ1n) is 9.08. The summed E-state index contributed by atoms with van der Waals surface area (Å²) in [6, 6.07) is 8.89. The lowest BCUT2D eigenvalue weighted by Gasteiger charge is -2.35. The second kappa shape index (κ2) is 6.45. The van der Waals surface area contributed by atoms with Crippen molar-refractivity contribution in [1.29, 1.82) is 0 Å². The van der Waals surface area contributed by atoms with E-state index in [2.05, 4.69) is 11.9 Å². The molecule has 144 valence electrons. The van der Waals surface area contributed by atoms with Crippen LogP contribution in [0.15, 0.2) is 35.2 Å². The van der Waals surface area contributed by atoms with Crippen LogP contribution in [0.2, 0.25) is 10.3 Å². The molecule has 27 heavy (non-hydrogen) atoms. The molecule has 7 heteroatoms. The Morgan fingerprint density at radius 2 is 1.78 bits per heavy atom.